The number of ether oxygens (including phenoxy) is 1. The number of fused-ring (bicyclic) bond motifs is 3. The molecule has 2 aliphatic rings. The molecular weight excluding hydrogens is 302 g/mol. The summed E-state index contributed by atoms with van der Waals surface area (Å²) in [6.45, 7) is 0.604. The highest BCUT2D eigenvalue weighted by atomic mass is 19.3. The van der Waals surface area contributed by atoms with Crippen LogP contribution in [0, 0.1) is 0 Å². The van der Waals surface area contributed by atoms with E-state index in [4.69, 9.17) is 4.74 Å². The molecule has 0 aliphatic carbocycles. The van der Waals surface area contributed by atoms with Crippen molar-refractivity contribution in [1.29, 1.82) is 0 Å². The lowest BCUT2D eigenvalue weighted by atomic mass is 10.00. The highest BCUT2D eigenvalue weighted by molar-refractivity contribution is 5.32. The van der Waals surface area contributed by atoms with Crippen molar-refractivity contribution < 1.29 is 22.3 Å². The van der Waals surface area contributed by atoms with Crippen molar-refractivity contribution in [2.75, 3.05) is 20.2 Å². The molecule has 3 rings (SSSR count). The molecule has 1 atom stereocenters. The zero-order chi connectivity index (χ0) is 15.9. The molecule has 8 heteroatoms. The largest absolute Gasteiger partial charge is 0.370 e. The lowest BCUT2D eigenvalue weighted by molar-refractivity contribution is -0.0494. The summed E-state index contributed by atoms with van der Waals surface area (Å²) >= 11 is 0. The van der Waals surface area contributed by atoms with Gasteiger partial charge in [0.1, 0.15) is 12.3 Å². The van der Waals surface area contributed by atoms with Crippen molar-refractivity contribution in [1.82, 2.24) is 14.7 Å². The molecule has 0 unspecified atom stereocenters. The van der Waals surface area contributed by atoms with Crippen molar-refractivity contribution >= 4 is 0 Å². The second-order valence-electron chi connectivity index (χ2n) is 6.03. The Morgan fingerprint density at radius 1 is 1.41 bits per heavy atom. The van der Waals surface area contributed by atoms with Gasteiger partial charge in [-0.25, -0.2) is 8.78 Å². The SMILES string of the molecule is CN1CCc2nn3c(c2C1)C(F)(F)CC[C@@H](OCC(F)F)C3. The maximum atomic E-state index is 14.5. The third-order valence-corrected chi connectivity index (χ3v) is 4.25. The number of alkyl halides is 4. The van der Waals surface area contributed by atoms with E-state index in [1.54, 1.807) is 0 Å². The normalized spacial score (nSPS) is 24.9. The van der Waals surface area contributed by atoms with Gasteiger partial charge in [-0.3, -0.25) is 4.68 Å². The summed E-state index contributed by atoms with van der Waals surface area (Å²) in [5, 5.41) is 4.30. The van der Waals surface area contributed by atoms with E-state index in [1.807, 2.05) is 11.9 Å². The molecule has 0 bridgehead atoms. The van der Waals surface area contributed by atoms with Crippen LogP contribution in [-0.2, 0) is 30.2 Å². The molecule has 4 nitrogen and oxygen atoms in total. The molecule has 0 aromatic carbocycles. The Bertz CT molecular complexity index is 546. The summed E-state index contributed by atoms with van der Waals surface area (Å²) in [6, 6.07) is 0. The van der Waals surface area contributed by atoms with Crippen molar-refractivity contribution in [2.24, 2.45) is 0 Å². The van der Waals surface area contributed by atoms with Gasteiger partial charge in [-0.2, -0.15) is 13.9 Å². The van der Waals surface area contributed by atoms with Gasteiger partial charge in [0.25, 0.3) is 12.3 Å². The van der Waals surface area contributed by atoms with Crippen LogP contribution < -0.4 is 0 Å². The third-order valence-electron chi connectivity index (χ3n) is 4.25. The smallest absolute Gasteiger partial charge is 0.289 e. The minimum Gasteiger partial charge on any atom is -0.370 e. The Morgan fingerprint density at radius 3 is 2.91 bits per heavy atom. The van der Waals surface area contributed by atoms with E-state index in [2.05, 4.69) is 5.10 Å². The molecule has 1 aromatic heterocycles. The Hall–Kier alpha value is -1.15. The molecule has 0 fully saturated rings. The van der Waals surface area contributed by atoms with E-state index < -0.39 is 31.5 Å². The first-order chi connectivity index (χ1) is 10.4. The number of hydrogen-bond acceptors (Lipinski definition) is 3. The molecule has 1 aromatic rings. The van der Waals surface area contributed by atoms with Crippen LogP contribution in [0.3, 0.4) is 0 Å². The number of hydrogen-bond donors (Lipinski definition) is 0. The van der Waals surface area contributed by atoms with Crippen molar-refractivity contribution in [3.8, 4) is 0 Å². The zero-order valence-electron chi connectivity index (χ0n) is 12.4. The molecule has 0 amide bonds. The molecular formula is C14H19F4N3O. The quantitative estimate of drug-likeness (QED) is 0.801. The molecule has 2 aliphatic heterocycles. The van der Waals surface area contributed by atoms with E-state index in [1.165, 1.54) is 4.68 Å². The topological polar surface area (TPSA) is 30.3 Å². The van der Waals surface area contributed by atoms with Gasteiger partial charge >= 0.3 is 0 Å². The third kappa shape index (κ3) is 2.99. The van der Waals surface area contributed by atoms with Crippen LogP contribution in [0.15, 0.2) is 0 Å². The van der Waals surface area contributed by atoms with Gasteiger partial charge in [0.05, 0.1) is 18.3 Å². The first-order valence-electron chi connectivity index (χ1n) is 7.42. The van der Waals surface area contributed by atoms with Gasteiger partial charge < -0.3 is 9.64 Å². The van der Waals surface area contributed by atoms with Gasteiger partial charge in [0.2, 0.25) is 0 Å². The van der Waals surface area contributed by atoms with Crippen LogP contribution in [0.4, 0.5) is 17.6 Å². The average Bonchev–Trinajstić information content (AvgIpc) is 2.73. The van der Waals surface area contributed by atoms with Crippen LogP contribution in [0.2, 0.25) is 0 Å². The monoisotopic (exact) mass is 321 g/mol. The first kappa shape index (κ1) is 15.7. The summed E-state index contributed by atoms with van der Waals surface area (Å²) in [5.74, 6) is -3.00. The minimum absolute atomic E-state index is 0.0493. The molecule has 0 radical (unpaired) electrons. The minimum atomic E-state index is -3.00. The molecule has 0 saturated carbocycles. The Labute approximate surface area is 126 Å². The number of rotatable bonds is 3. The molecule has 124 valence electrons. The summed E-state index contributed by atoms with van der Waals surface area (Å²) < 4.78 is 59.9. The Morgan fingerprint density at radius 2 is 2.18 bits per heavy atom. The van der Waals surface area contributed by atoms with Gasteiger partial charge in [-0.05, 0) is 13.5 Å². The summed E-state index contributed by atoms with van der Waals surface area (Å²) in [4.78, 5) is 1.98. The van der Waals surface area contributed by atoms with Gasteiger partial charge in [0.15, 0.2) is 0 Å². The van der Waals surface area contributed by atoms with Crippen LogP contribution >= 0.6 is 0 Å². The molecule has 3 heterocycles. The second-order valence-corrected chi connectivity index (χ2v) is 6.03. The van der Waals surface area contributed by atoms with Gasteiger partial charge in [0, 0.05) is 31.5 Å². The van der Waals surface area contributed by atoms with Crippen molar-refractivity contribution in [3.05, 3.63) is 17.0 Å². The number of aromatic nitrogens is 2. The standard InChI is InChI=1S/C14H19F4N3O/c1-20-5-3-11-10(7-20)13-14(17,18)4-2-9(6-21(13)19-11)22-8-12(15)16/h9,12H,2-8H2,1H3/t9-/m1/s1. The van der Waals surface area contributed by atoms with Crippen LogP contribution in [0.1, 0.15) is 29.8 Å². The summed E-state index contributed by atoms with van der Waals surface area (Å²) in [7, 11) is 1.89. The predicted octanol–water partition coefficient (Wildman–Crippen LogP) is 2.41. The highest BCUT2D eigenvalue weighted by Gasteiger charge is 2.43. The predicted molar refractivity (Wildman–Crippen MR) is 71.1 cm³/mol. The lowest BCUT2D eigenvalue weighted by Crippen LogP contribution is -2.28. The fourth-order valence-corrected chi connectivity index (χ4v) is 3.19. The van der Waals surface area contributed by atoms with Crippen LogP contribution in [-0.4, -0.2) is 47.4 Å². The lowest BCUT2D eigenvalue weighted by Gasteiger charge is -2.24. The average molecular weight is 321 g/mol. The zero-order valence-corrected chi connectivity index (χ0v) is 12.4. The van der Waals surface area contributed by atoms with Crippen LogP contribution in [0.25, 0.3) is 0 Å². The molecule has 0 saturated heterocycles. The Balaban J connectivity index is 1.89. The number of nitrogens with zero attached hydrogens (tertiary/aromatic N) is 3. The van der Waals surface area contributed by atoms with E-state index in [9.17, 15) is 17.6 Å². The van der Waals surface area contributed by atoms with Crippen molar-refractivity contribution in [2.45, 2.75) is 50.8 Å². The fourth-order valence-electron chi connectivity index (χ4n) is 3.19. The molecule has 0 N–H and O–H groups in total. The number of likely N-dealkylation sites (N-methyl/N-ethyl adjacent to an activating group) is 1. The molecule has 22 heavy (non-hydrogen) atoms. The van der Waals surface area contributed by atoms with E-state index in [0.717, 1.165) is 6.54 Å². The van der Waals surface area contributed by atoms with E-state index >= 15 is 0 Å². The van der Waals surface area contributed by atoms with Gasteiger partial charge in [-0.1, -0.05) is 0 Å². The Kier molecular flexibility index (Phi) is 4.15. The second kappa shape index (κ2) is 5.81. The van der Waals surface area contributed by atoms with Gasteiger partial charge in [-0.15, -0.1) is 0 Å². The maximum absolute atomic E-state index is 14.5. The van der Waals surface area contributed by atoms with E-state index in [0.29, 0.717) is 24.2 Å². The summed E-state index contributed by atoms with van der Waals surface area (Å²) in [5.41, 5.74) is 1.23. The summed E-state index contributed by atoms with van der Waals surface area (Å²) in [6.07, 6.45) is -2.97. The maximum Gasteiger partial charge on any atom is 0.289 e. The highest BCUT2D eigenvalue weighted by Crippen LogP contribution is 2.40. The fraction of sp³-hybridized carbons (Fsp3) is 0.786. The van der Waals surface area contributed by atoms with E-state index in [-0.39, 0.29) is 18.7 Å². The van der Waals surface area contributed by atoms with Crippen LogP contribution in [0.5, 0.6) is 0 Å². The first-order valence-corrected chi connectivity index (χ1v) is 7.42. The molecule has 0 spiro atoms. The van der Waals surface area contributed by atoms with Crippen molar-refractivity contribution in [3.63, 3.8) is 0 Å². The number of halogens is 4.